The topological polar surface area (TPSA) is 106 Å². The third kappa shape index (κ3) is 3.32. The highest BCUT2D eigenvalue weighted by atomic mass is 35.5. The van der Waals surface area contributed by atoms with E-state index in [2.05, 4.69) is 0 Å². The summed E-state index contributed by atoms with van der Waals surface area (Å²) in [6.45, 7) is 1.94. The van der Waals surface area contributed by atoms with Crippen molar-refractivity contribution in [1.82, 2.24) is 0 Å². The van der Waals surface area contributed by atoms with Crippen LogP contribution < -0.4 is 5.43 Å². The van der Waals surface area contributed by atoms with Gasteiger partial charge in [-0.1, -0.05) is 78.3 Å². The first-order valence-corrected chi connectivity index (χ1v) is 13.9. The van der Waals surface area contributed by atoms with Crippen LogP contribution in [0.25, 0.3) is 33.4 Å². The molecule has 4 aromatic rings. The molecule has 9 rings (SSSR count). The van der Waals surface area contributed by atoms with E-state index in [1.165, 1.54) is 24.3 Å². The first-order chi connectivity index (χ1) is 20.7. The SMILES string of the molecule is CC12OOC(c3cc4c(-c5ccccc5C(=O)O)c5cc(Cl)c(O)cc5oc-4cc3=O)(c3ccccc31)c1ccccc12. The Morgan fingerprint density at radius 3 is 2.07 bits per heavy atom. The van der Waals surface area contributed by atoms with Crippen LogP contribution >= 0.6 is 11.6 Å². The Morgan fingerprint density at radius 2 is 1.40 bits per heavy atom. The van der Waals surface area contributed by atoms with Gasteiger partial charge >= 0.3 is 5.97 Å². The molecule has 2 bridgehead atoms. The van der Waals surface area contributed by atoms with Crippen molar-refractivity contribution in [2.45, 2.75) is 18.1 Å². The molecular formula is C35H21ClO7. The van der Waals surface area contributed by atoms with Crippen molar-refractivity contribution in [2.24, 2.45) is 0 Å². The lowest BCUT2D eigenvalue weighted by Crippen LogP contribution is -2.53. The maximum atomic E-state index is 14.1. The molecule has 0 fully saturated rings. The first-order valence-electron chi connectivity index (χ1n) is 13.6. The average Bonchev–Trinajstić information content (AvgIpc) is 3.01. The molecule has 0 saturated heterocycles. The Morgan fingerprint density at radius 1 is 0.767 bits per heavy atom. The number of benzene rings is 5. The van der Waals surface area contributed by atoms with Gasteiger partial charge in [-0.2, -0.15) is 0 Å². The van der Waals surface area contributed by atoms with Crippen LogP contribution in [0.5, 0.6) is 5.75 Å². The zero-order valence-corrected chi connectivity index (χ0v) is 23.3. The molecule has 4 aromatic carbocycles. The predicted octanol–water partition coefficient (Wildman–Crippen LogP) is 7.45. The first kappa shape index (κ1) is 25.7. The highest BCUT2D eigenvalue weighted by Gasteiger charge is 2.58. The molecule has 0 atom stereocenters. The van der Waals surface area contributed by atoms with E-state index in [1.54, 1.807) is 24.3 Å². The third-order valence-corrected chi connectivity index (χ3v) is 8.97. The summed E-state index contributed by atoms with van der Waals surface area (Å²) in [7, 11) is 0. The van der Waals surface area contributed by atoms with Gasteiger partial charge in [-0.05, 0) is 41.8 Å². The average molecular weight is 589 g/mol. The van der Waals surface area contributed by atoms with Gasteiger partial charge in [-0.25, -0.2) is 14.6 Å². The van der Waals surface area contributed by atoms with Crippen molar-refractivity contribution in [3.05, 3.63) is 146 Å². The minimum absolute atomic E-state index is 0.0489. The van der Waals surface area contributed by atoms with Crippen LogP contribution in [0.3, 0.4) is 0 Å². The summed E-state index contributed by atoms with van der Waals surface area (Å²) >= 11 is 6.36. The Hall–Kier alpha value is -4.95. The lowest BCUT2D eigenvalue weighted by molar-refractivity contribution is -0.415. The van der Waals surface area contributed by atoms with Gasteiger partial charge in [0.15, 0.2) is 16.6 Å². The second-order valence-corrected chi connectivity index (χ2v) is 11.4. The Kier molecular flexibility index (Phi) is 5.26. The van der Waals surface area contributed by atoms with E-state index in [0.29, 0.717) is 22.1 Å². The van der Waals surface area contributed by atoms with Crippen molar-refractivity contribution in [2.75, 3.05) is 0 Å². The Labute approximate surface area is 249 Å². The number of carboxylic acids is 1. The molecule has 5 aliphatic rings. The molecule has 7 nitrogen and oxygen atoms in total. The number of aromatic hydroxyl groups is 1. The van der Waals surface area contributed by atoms with Crippen LogP contribution in [0.1, 0.15) is 45.1 Å². The highest BCUT2D eigenvalue weighted by Crippen LogP contribution is 2.59. The van der Waals surface area contributed by atoms with Crippen molar-refractivity contribution in [3.8, 4) is 28.2 Å². The molecule has 2 N–H and O–H groups in total. The number of aromatic carboxylic acids is 1. The number of hydrogen-bond acceptors (Lipinski definition) is 6. The smallest absolute Gasteiger partial charge is 0.336 e. The number of hydrogen-bond donors (Lipinski definition) is 2. The van der Waals surface area contributed by atoms with E-state index in [0.717, 1.165) is 22.3 Å². The van der Waals surface area contributed by atoms with Gasteiger partial charge < -0.3 is 14.6 Å². The van der Waals surface area contributed by atoms with Crippen LogP contribution in [-0.4, -0.2) is 16.2 Å². The lowest BCUT2D eigenvalue weighted by atomic mass is 9.64. The molecule has 0 aromatic heterocycles. The molecule has 0 unspecified atom stereocenters. The minimum atomic E-state index is -1.42. The van der Waals surface area contributed by atoms with Gasteiger partial charge in [0.05, 0.1) is 10.6 Å². The van der Waals surface area contributed by atoms with E-state index in [1.807, 2.05) is 55.5 Å². The molecular weight excluding hydrogens is 568 g/mol. The molecule has 0 radical (unpaired) electrons. The number of phenolic OH excluding ortho intramolecular Hbond substituents is 1. The van der Waals surface area contributed by atoms with Crippen molar-refractivity contribution in [1.29, 1.82) is 0 Å². The van der Waals surface area contributed by atoms with Gasteiger partial charge in [0.2, 0.25) is 0 Å². The lowest BCUT2D eigenvalue weighted by Gasteiger charge is -2.52. The van der Waals surface area contributed by atoms with Crippen LogP contribution in [0.4, 0.5) is 0 Å². The Bertz CT molecular complexity index is 2150. The van der Waals surface area contributed by atoms with Crippen LogP contribution in [-0.2, 0) is 21.0 Å². The fraction of sp³-hybridized carbons (Fsp3) is 0.0857. The van der Waals surface area contributed by atoms with Gasteiger partial charge in [0.1, 0.15) is 17.1 Å². The van der Waals surface area contributed by atoms with Gasteiger partial charge in [-0.15, -0.1) is 0 Å². The molecule has 8 heteroatoms. The van der Waals surface area contributed by atoms with E-state index >= 15 is 0 Å². The number of halogens is 1. The fourth-order valence-electron chi connectivity index (χ4n) is 6.74. The third-order valence-electron chi connectivity index (χ3n) is 8.67. The fourth-order valence-corrected chi connectivity index (χ4v) is 6.91. The minimum Gasteiger partial charge on any atom is -0.506 e. The number of fused-ring (bicyclic) bond motifs is 3. The highest BCUT2D eigenvalue weighted by molar-refractivity contribution is 6.33. The van der Waals surface area contributed by atoms with E-state index in [4.69, 9.17) is 25.8 Å². The zero-order chi connectivity index (χ0) is 29.7. The molecule has 210 valence electrons. The summed E-state index contributed by atoms with van der Waals surface area (Å²) in [4.78, 5) is 38.9. The summed E-state index contributed by atoms with van der Waals surface area (Å²) in [6, 6.07) is 28.0. The predicted molar refractivity (Wildman–Crippen MR) is 160 cm³/mol. The quantitative estimate of drug-likeness (QED) is 0.163. The Balaban J connectivity index is 1.54. The summed E-state index contributed by atoms with van der Waals surface area (Å²) in [5.41, 5.74) is 2.52. The maximum Gasteiger partial charge on any atom is 0.336 e. The summed E-state index contributed by atoms with van der Waals surface area (Å²) in [6.07, 6.45) is 0. The zero-order valence-electron chi connectivity index (χ0n) is 22.6. The van der Waals surface area contributed by atoms with E-state index in [-0.39, 0.29) is 38.7 Å². The number of phenols is 1. The van der Waals surface area contributed by atoms with Crippen LogP contribution in [0.2, 0.25) is 5.02 Å². The van der Waals surface area contributed by atoms with Crippen molar-refractivity contribution < 1.29 is 29.2 Å². The number of rotatable bonds is 3. The molecule has 0 spiro atoms. The second-order valence-electron chi connectivity index (χ2n) is 10.9. The largest absolute Gasteiger partial charge is 0.506 e. The molecule has 3 aliphatic heterocycles. The summed E-state index contributed by atoms with van der Waals surface area (Å²) in [5.74, 6) is -1.13. The molecule has 2 aliphatic carbocycles. The second kappa shape index (κ2) is 8.78. The number of carbonyl (C=O) groups is 1. The van der Waals surface area contributed by atoms with E-state index < -0.39 is 17.2 Å². The summed E-state index contributed by atoms with van der Waals surface area (Å²) in [5, 5.41) is 21.0. The monoisotopic (exact) mass is 588 g/mol. The molecule has 0 saturated carbocycles. The van der Waals surface area contributed by atoms with Gasteiger partial charge in [0.25, 0.3) is 0 Å². The van der Waals surface area contributed by atoms with Crippen LogP contribution in [0.15, 0.2) is 106 Å². The maximum absolute atomic E-state index is 14.1. The summed E-state index contributed by atoms with van der Waals surface area (Å²) < 4.78 is 6.16. The van der Waals surface area contributed by atoms with E-state index in [9.17, 15) is 19.8 Å². The number of carboxylic acid groups (broad SMARTS) is 1. The van der Waals surface area contributed by atoms with Crippen LogP contribution in [0, 0.1) is 0 Å². The normalized spacial score (nSPS) is 20.2. The molecule has 43 heavy (non-hydrogen) atoms. The molecule has 3 heterocycles. The van der Waals surface area contributed by atoms with Crippen molar-refractivity contribution >= 4 is 28.5 Å². The van der Waals surface area contributed by atoms with Crippen molar-refractivity contribution in [3.63, 3.8) is 0 Å². The van der Waals surface area contributed by atoms with Gasteiger partial charge in [-0.3, -0.25) is 4.79 Å². The standard InChI is InChI=1S/C35H21ClO7/c1-34-22-10-4-6-12-24(22)35(43-42-34,25-13-7-5-11-23(25)34)26-14-20-30(16-28(26)37)41-31-17-29(38)27(36)15-21(31)32(20)18-8-2-3-9-19(18)33(39)40/h2-17,38H,1H3,(H,39,40). The molecule has 0 amide bonds. The van der Waals surface area contributed by atoms with Gasteiger partial charge in [0, 0.05) is 45.3 Å².